The summed E-state index contributed by atoms with van der Waals surface area (Å²) in [5, 5.41) is 17.8. The average Bonchev–Trinajstić information content (AvgIpc) is 1.94. The van der Waals surface area contributed by atoms with E-state index in [1.807, 2.05) is 0 Å². The second-order valence-corrected chi connectivity index (χ2v) is 1.95. The van der Waals surface area contributed by atoms with Gasteiger partial charge in [0.1, 0.15) is 6.33 Å². The number of aromatic nitrogens is 2. The molecule has 0 aliphatic heterocycles. The molecule has 0 aliphatic rings. The Kier molecular flexibility index (Phi) is 1.72. The van der Waals surface area contributed by atoms with Crippen molar-refractivity contribution in [3.63, 3.8) is 0 Å². The van der Waals surface area contributed by atoms with Crippen molar-refractivity contribution in [2.75, 3.05) is 0 Å². The number of hydrogen-bond acceptors (Lipinski definition) is 5. The third-order valence-electron chi connectivity index (χ3n) is 1.14. The summed E-state index contributed by atoms with van der Waals surface area (Å²) in [5.74, 6) is -1.56. The van der Waals surface area contributed by atoms with Crippen LogP contribution in [-0.4, -0.2) is 26.0 Å². The van der Waals surface area contributed by atoms with Crippen LogP contribution in [0.2, 0.25) is 0 Å². The molecule has 11 heavy (non-hydrogen) atoms. The molecule has 1 heterocycles. The molecular weight excluding hydrogens is 148 g/mol. The molecule has 0 fully saturated rings. The number of hydrogen-bond donors (Lipinski definition) is 2. The maximum Gasteiger partial charge on any atom is 0.258 e. The Balaban J connectivity index is 3.27. The van der Waals surface area contributed by atoms with Gasteiger partial charge in [-0.3, -0.25) is 4.79 Å². The maximum atomic E-state index is 10.7. The van der Waals surface area contributed by atoms with Crippen LogP contribution in [0.25, 0.3) is 0 Å². The first-order valence-corrected chi connectivity index (χ1v) is 2.86. The van der Waals surface area contributed by atoms with Gasteiger partial charge in [0.05, 0.1) is 0 Å². The summed E-state index contributed by atoms with van der Waals surface area (Å²) in [6, 6.07) is 0. The lowest BCUT2D eigenvalue weighted by Gasteiger charge is -1.98. The van der Waals surface area contributed by atoms with Crippen LogP contribution >= 0.6 is 0 Å². The molecule has 0 aliphatic carbocycles. The number of Topliss-reactive ketones (excluding diaryl/α,β-unsaturated/α-hetero) is 1. The fourth-order valence-corrected chi connectivity index (χ4v) is 0.627. The topological polar surface area (TPSA) is 83.3 Å². The van der Waals surface area contributed by atoms with E-state index in [0.717, 1.165) is 6.33 Å². The highest BCUT2D eigenvalue weighted by Gasteiger charge is 2.11. The lowest BCUT2D eigenvalue weighted by molar-refractivity contribution is 0.100. The zero-order chi connectivity index (χ0) is 8.43. The zero-order valence-corrected chi connectivity index (χ0v) is 5.77. The minimum Gasteiger partial charge on any atom is -0.502 e. The van der Waals surface area contributed by atoms with Gasteiger partial charge >= 0.3 is 0 Å². The van der Waals surface area contributed by atoms with Crippen LogP contribution in [0.3, 0.4) is 0 Å². The molecule has 2 N–H and O–H groups in total. The molecule has 0 saturated carbocycles. The second kappa shape index (κ2) is 2.53. The minimum atomic E-state index is -0.579. The van der Waals surface area contributed by atoms with Crippen LogP contribution in [0.15, 0.2) is 6.33 Å². The summed E-state index contributed by atoms with van der Waals surface area (Å²) in [7, 11) is 0. The Hall–Kier alpha value is -1.65. The molecule has 0 spiro atoms. The van der Waals surface area contributed by atoms with Crippen LogP contribution in [0.5, 0.6) is 11.6 Å². The highest BCUT2D eigenvalue weighted by molar-refractivity contribution is 5.95. The molecule has 5 nitrogen and oxygen atoms in total. The van der Waals surface area contributed by atoms with Crippen molar-refractivity contribution in [1.29, 1.82) is 0 Å². The van der Waals surface area contributed by atoms with Gasteiger partial charge in [-0.05, 0) is 0 Å². The van der Waals surface area contributed by atoms with Gasteiger partial charge in [-0.2, -0.15) is 4.98 Å². The summed E-state index contributed by atoms with van der Waals surface area (Å²) in [6.07, 6.45) is 1.01. The molecular formula is C6H6N2O3. The Labute approximate surface area is 62.4 Å². The summed E-state index contributed by atoms with van der Waals surface area (Å²) < 4.78 is 0. The van der Waals surface area contributed by atoms with Gasteiger partial charge in [0.25, 0.3) is 5.88 Å². The van der Waals surface area contributed by atoms with E-state index in [1.165, 1.54) is 6.92 Å². The van der Waals surface area contributed by atoms with Crippen molar-refractivity contribution < 1.29 is 15.0 Å². The fourth-order valence-electron chi connectivity index (χ4n) is 0.627. The molecule has 0 amide bonds. The van der Waals surface area contributed by atoms with Crippen LogP contribution in [0, 0.1) is 0 Å². The Bertz CT molecular complexity index is 298. The Morgan fingerprint density at radius 3 is 2.55 bits per heavy atom. The molecule has 0 radical (unpaired) electrons. The maximum absolute atomic E-state index is 10.7. The van der Waals surface area contributed by atoms with E-state index >= 15 is 0 Å². The Morgan fingerprint density at radius 2 is 2.09 bits per heavy atom. The van der Waals surface area contributed by atoms with Gasteiger partial charge in [0, 0.05) is 6.92 Å². The van der Waals surface area contributed by atoms with Crippen molar-refractivity contribution in [2.24, 2.45) is 0 Å². The van der Waals surface area contributed by atoms with E-state index in [1.54, 1.807) is 0 Å². The first kappa shape index (κ1) is 7.46. The molecule has 0 bridgehead atoms. The third-order valence-corrected chi connectivity index (χ3v) is 1.14. The van der Waals surface area contributed by atoms with Gasteiger partial charge in [0.2, 0.25) is 5.75 Å². The predicted molar refractivity (Wildman–Crippen MR) is 35.4 cm³/mol. The van der Waals surface area contributed by atoms with E-state index < -0.39 is 17.4 Å². The van der Waals surface area contributed by atoms with Crippen molar-refractivity contribution in [3.8, 4) is 11.6 Å². The van der Waals surface area contributed by atoms with Gasteiger partial charge in [0.15, 0.2) is 11.5 Å². The quantitative estimate of drug-likeness (QED) is 0.560. The minimum absolute atomic E-state index is 0.169. The Morgan fingerprint density at radius 1 is 1.45 bits per heavy atom. The number of nitrogens with zero attached hydrogens (tertiary/aromatic N) is 2. The molecule has 0 saturated heterocycles. The smallest absolute Gasteiger partial charge is 0.258 e. The fraction of sp³-hybridized carbons (Fsp3) is 0.167. The lowest BCUT2D eigenvalue weighted by atomic mass is 10.3. The highest BCUT2D eigenvalue weighted by Crippen LogP contribution is 2.23. The molecule has 58 valence electrons. The number of carbonyl (C=O) groups is 1. The number of carbonyl (C=O) groups excluding carboxylic acids is 1. The predicted octanol–water partition coefficient (Wildman–Crippen LogP) is 0.0904. The molecule has 0 aromatic carbocycles. The molecule has 1 rings (SSSR count). The highest BCUT2D eigenvalue weighted by atomic mass is 16.3. The van der Waals surface area contributed by atoms with Crippen LogP contribution in [0.4, 0.5) is 0 Å². The van der Waals surface area contributed by atoms with Gasteiger partial charge < -0.3 is 10.2 Å². The van der Waals surface area contributed by atoms with Crippen molar-refractivity contribution >= 4 is 5.78 Å². The number of rotatable bonds is 1. The number of ketones is 1. The van der Waals surface area contributed by atoms with Gasteiger partial charge in [-0.1, -0.05) is 0 Å². The van der Waals surface area contributed by atoms with Crippen molar-refractivity contribution in [3.05, 3.63) is 12.0 Å². The van der Waals surface area contributed by atoms with Gasteiger partial charge in [-0.15, -0.1) is 0 Å². The van der Waals surface area contributed by atoms with Crippen molar-refractivity contribution in [2.45, 2.75) is 6.92 Å². The standard InChI is InChI=1S/C6H6N2O3/c1-3(9)4-5(10)6(11)8-2-7-4/h2,10H,1H3,(H,7,8,11). The lowest BCUT2D eigenvalue weighted by Crippen LogP contribution is -1.97. The van der Waals surface area contributed by atoms with E-state index in [4.69, 9.17) is 10.2 Å². The molecule has 0 unspecified atom stereocenters. The third kappa shape index (κ3) is 1.26. The molecule has 1 aromatic rings. The molecule has 1 aromatic heterocycles. The number of aromatic hydroxyl groups is 2. The van der Waals surface area contributed by atoms with Gasteiger partial charge in [-0.25, -0.2) is 4.98 Å². The average molecular weight is 154 g/mol. The molecule has 0 atom stereocenters. The largest absolute Gasteiger partial charge is 0.502 e. The molecule has 5 heteroatoms. The normalized spacial score (nSPS) is 9.55. The van der Waals surface area contributed by atoms with E-state index in [2.05, 4.69) is 9.97 Å². The summed E-state index contributed by atoms with van der Waals surface area (Å²) >= 11 is 0. The second-order valence-electron chi connectivity index (χ2n) is 1.95. The SMILES string of the molecule is CC(=O)c1ncnc(O)c1O. The van der Waals surface area contributed by atoms with Crippen LogP contribution in [-0.2, 0) is 0 Å². The first-order chi connectivity index (χ1) is 5.13. The first-order valence-electron chi connectivity index (χ1n) is 2.86. The van der Waals surface area contributed by atoms with E-state index in [-0.39, 0.29) is 5.69 Å². The summed E-state index contributed by atoms with van der Waals surface area (Å²) in [4.78, 5) is 17.4. The monoisotopic (exact) mass is 154 g/mol. The summed E-state index contributed by atoms with van der Waals surface area (Å²) in [6.45, 7) is 1.24. The van der Waals surface area contributed by atoms with E-state index in [0.29, 0.717) is 0 Å². The summed E-state index contributed by atoms with van der Waals surface area (Å²) in [5.41, 5.74) is -0.169. The zero-order valence-electron chi connectivity index (χ0n) is 5.77. The van der Waals surface area contributed by atoms with Crippen LogP contribution in [0.1, 0.15) is 17.4 Å². The van der Waals surface area contributed by atoms with Crippen molar-refractivity contribution in [1.82, 2.24) is 9.97 Å². The van der Waals surface area contributed by atoms with Crippen LogP contribution < -0.4 is 0 Å². The van der Waals surface area contributed by atoms with E-state index in [9.17, 15) is 4.79 Å².